The molecule has 5 nitrogen and oxygen atoms in total. The lowest BCUT2D eigenvalue weighted by Gasteiger charge is -2.13. The number of ether oxygens (including phenoxy) is 2. The van der Waals surface area contributed by atoms with Gasteiger partial charge in [0.05, 0.1) is 25.0 Å². The summed E-state index contributed by atoms with van der Waals surface area (Å²) in [6.07, 6.45) is 4.61. The molecule has 0 fully saturated rings. The maximum atomic E-state index is 11.9. The molecule has 0 radical (unpaired) electrons. The third-order valence-corrected chi connectivity index (χ3v) is 5.75. The number of benzene rings is 2. The van der Waals surface area contributed by atoms with Crippen LogP contribution in [-0.4, -0.2) is 40.1 Å². The molecule has 0 saturated heterocycles. The summed E-state index contributed by atoms with van der Waals surface area (Å²) in [6, 6.07) is 11.7. The first-order valence-corrected chi connectivity index (χ1v) is 11.1. The summed E-state index contributed by atoms with van der Waals surface area (Å²) in [5, 5.41) is 0. The lowest BCUT2D eigenvalue weighted by atomic mass is 9.94. The molecule has 0 N–H and O–H groups in total. The molecule has 0 heterocycles. The van der Waals surface area contributed by atoms with Crippen LogP contribution in [0.5, 0.6) is 5.75 Å². The van der Waals surface area contributed by atoms with Gasteiger partial charge in [-0.2, -0.15) is 0 Å². The first-order chi connectivity index (χ1) is 12.9. The first-order valence-electron chi connectivity index (χ1n) is 9.02. The van der Waals surface area contributed by atoms with Crippen LogP contribution in [0.2, 0.25) is 0 Å². The standard InChI is InChI=1S/C21H24O5S/c1-25-21(22)17-8-7-15-5-3-6-16-13-18(9-10-19(16)20(15)14-17)26-11-4-12-27(2,23)24/h7-10,13-14H,3-6,11-12H2,1-2H3. The molecule has 2 aromatic rings. The fraction of sp³-hybridized carbons (Fsp3) is 0.381. The van der Waals surface area contributed by atoms with Crippen molar-refractivity contribution in [2.75, 3.05) is 25.7 Å². The van der Waals surface area contributed by atoms with Crippen molar-refractivity contribution in [2.24, 2.45) is 0 Å². The fourth-order valence-corrected chi connectivity index (χ4v) is 4.04. The molecule has 1 aliphatic rings. The Morgan fingerprint density at radius 2 is 1.81 bits per heavy atom. The Labute approximate surface area is 160 Å². The van der Waals surface area contributed by atoms with E-state index in [0.717, 1.165) is 36.1 Å². The van der Waals surface area contributed by atoms with Crippen molar-refractivity contribution in [1.29, 1.82) is 0 Å². The summed E-state index contributed by atoms with van der Waals surface area (Å²) in [7, 11) is -1.58. The Bertz CT molecular complexity index is 947. The van der Waals surface area contributed by atoms with E-state index in [1.54, 1.807) is 0 Å². The zero-order valence-corrected chi connectivity index (χ0v) is 16.5. The predicted octanol–water partition coefficient (Wildman–Crippen LogP) is 3.44. The second kappa shape index (κ2) is 8.13. The minimum Gasteiger partial charge on any atom is -0.494 e. The van der Waals surface area contributed by atoms with Gasteiger partial charge in [-0.15, -0.1) is 0 Å². The monoisotopic (exact) mass is 388 g/mol. The summed E-state index contributed by atoms with van der Waals surface area (Å²) < 4.78 is 33.0. The highest BCUT2D eigenvalue weighted by atomic mass is 32.2. The van der Waals surface area contributed by atoms with E-state index >= 15 is 0 Å². The molecule has 2 aromatic carbocycles. The van der Waals surface area contributed by atoms with Crippen molar-refractivity contribution >= 4 is 15.8 Å². The average Bonchev–Trinajstić information content (AvgIpc) is 2.82. The maximum absolute atomic E-state index is 11.9. The van der Waals surface area contributed by atoms with E-state index in [9.17, 15) is 13.2 Å². The number of carbonyl (C=O) groups is 1. The third-order valence-electron chi connectivity index (χ3n) is 4.72. The number of hydrogen-bond donors (Lipinski definition) is 0. The molecule has 0 saturated carbocycles. The molecule has 0 unspecified atom stereocenters. The molecule has 3 rings (SSSR count). The third kappa shape index (κ3) is 4.89. The molecule has 1 aliphatic carbocycles. The lowest BCUT2D eigenvalue weighted by Crippen LogP contribution is -2.08. The van der Waals surface area contributed by atoms with Crippen LogP contribution in [0.25, 0.3) is 11.1 Å². The summed E-state index contributed by atoms with van der Waals surface area (Å²) in [5.74, 6) is 0.533. The fourth-order valence-electron chi connectivity index (χ4n) is 3.40. The highest BCUT2D eigenvalue weighted by molar-refractivity contribution is 7.90. The quantitative estimate of drug-likeness (QED) is 0.560. The molecule has 0 spiro atoms. The minimum absolute atomic E-state index is 0.127. The zero-order valence-electron chi connectivity index (χ0n) is 15.7. The number of sulfone groups is 1. The van der Waals surface area contributed by atoms with Crippen LogP contribution in [0.15, 0.2) is 36.4 Å². The van der Waals surface area contributed by atoms with Crippen molar-refractivity contribution in [2.45, 2.75) is 25.7 Å². The molecule has 144 valence electrons. The molecule has 0 aliphatic heterocycles. The molecular formula is C21H24O5S. The van der Waals surface area contributed by atoms with Gasteiger partial charge in [0.15, 0.2) is 0 Å². The van der Waals surface area contributed by atoms with Crippen LogP contribution in [0, 0.1) is 0 Å². The van der Waals surface area contributed by atoms with E-state index in [1.165, 1.54) is 24.5 Å². The van der Waals surface area contributed by atoms with Crippen LogP contribution in [0.1, 0.15) is 34.3 Å². The normalized spacial score (nSPS) is 13.3. The number of methoxy groups -OCH3 is 1. The highest BCUT2D eigenvalue weighted by Gasteiger charge is 2.17. The lowest BCUT2D eigenvalue weighted by molar-refractivity contribution is 0.0600. The van der Waals surface area contributed by atoms with Crippen molar-refractivity contribution in [3.05, 3.63) is 53.1 Å². The largest absolute Gasteiger partial charge is 0.494 e. The minimum atomic E-state index is -2.96. The Hall–Kier alpha value is -2.34. The highest BCUT2D eigenvalue weighted by Crippen LogP contribution is 2.35. The number of carbonyl (C=O) groups excluding carboxylic acids is 1. The van der Waals surface area contributed by atoms with Crippen molar-refractivity contribution in [3.8, 4) is 16.9 Å². The smallest absolute Gasteiger partial charge is 0.337 e. The number of hydrogen-bond acceptors (Lipinski definition) is 5. The van der Waals surface area contributed by atoms with Gasteiger partial charge in [0.25, 0.3) is 0 Å². The summed E-state index contributed by atoms with van der Waals surface area (Å²) in [6.45, 7) is 0.370. The molecule has 0 aromatic heterocycles. The van der Waals surface area contributed by atoms with Crippen LogP contribution in [0.3, 0.4) is 0 Å². The van der Waals surface area contributed by atoms with E-state index in [4.69, 9.17) is 9.47 Å². The van der Waals surface area contributed by atoms with Crippen molar-refractivity contribution in [1.82, 2.24) is 0 Å². The maximum Gasteiger partial charge on any atom is 0.337 e. The van der Waals surface area contributed by atoms with Crippen LogP contribution in [0.4, 0.5) is 0 Å². The number of aryl methyl sites for hydroxylation is 2. The van der Waals surface area contributed by atoms with E-state index in [2.05, 4.69) is 0 Å². The average molecular weight is 388 g/mol. The predicted molar refractivity (Wildman–Crippen MR) is 105 cm³/mol. The van der Waals surface area contributed by atoms with Crippen LogP contribution < -0.4 is 4.74 Å². The zero-order chi connectivity index (χ0) is 19.4. The SMILES string of the molecule is COC(=O)c1ccc2c(c1)-c1ccc(OCCCS(C)(=O)=O)cc1CCC2. The van der Waals surface area contributed by atoms with E-state index in [1.807, 2.05) is 36.4 Å². The van der Waals surface area contributed by atoms with Gasteiger partial charge in [-0.25, -0.2) is 13.2 Å². The first kappa shape index (κ1) is 19.4. The topological polar surface area (TPSA) is 69.7 Å². The summed E-state index contributed by atoms with van der Waals surface area (Å²) in [4.78, 5) is 11.9. The van der Waals surface area contributed by atoms with Gasteiger partial charge < -0.3 is 9.47 Å². The second-order valence-electron chi connectivity index (χ2n) is 6.87. The van der Waals surface area contributed by atoms with Gasteiger partial charge in [-0.1, -0.05) is 12.1 Å². The summed E-state index contributed by atoms with van der Waals surface area (Å²) in [5.41, 5.74) is 5.12. The Morgan fingerprint density at radius 1 is 1.04 bits per heavy atom. The van der Waals surface area contributed by atoms with Gasteiger partial charge in [-0.05, 0) is 72.2 Å². The molecule has 0 bridgehead atoms. The van der Waals surface area contributed by atoms with Crippen molar-refractivity contribution < 1.29 is 22.7 Å². The van der Waals surface area contributed by atoms with Crippen LogP contribution >= 0.6 is 0 Å². The van der Waals surface area contributed by atoms with Gasteiger partial charge in [-0.3, -0.25) is 0 Å². The molecule has 6 heteroatoms. The Kier molecular flexibility index (Phi) is 5.85. The van der Waals surface area contributed by atoms with Gasteiger partial charge >= 0.3 is 5.97 Å². The Balaban J connectivity index is 1.83. The Morgan fingerprint density at radius 3 is 2.56 bits per heavy atom. The van der Waals surface area contributed by atoms with E-state index in [0.29, 0.717) is 18.6 Å². The van der Waals surface area contributed by atoms with Crippen LogP contribution in [-0.2, 0) is 27.4 Å². The van der Waals surface area contributed by atoms with E-state index in [-0.39, 0.29) is 11.7 Å². The van der Waals surface area contributed by atoms with Gasteiger partial charge in [0, 0.05) is 6.26 Å². The molecule has 0 amide bonds. The molecule has 27 heavy (non-hydrogen) atoms. The molecular weight excluding hydrogens is 364 g/mol. The number of fused-ring (bicyclic) bond motifs is 3. The van der Waals surface area contributed by atoms with Gasteiger partial charge in [0.1, 0.15) is 15.6 Å². The number of esters is 1. The van der Waals surface area contributed by atoms with Crippen molar-refractivity contribution in [3.63, 3.8) is 0 Å². The summed E-state index contributed by atoms with van der Waals surface area (Å²) >= 11 is 0. The second-order valence-corrected chi connectivity index (χ2v) is 9.13. The van der Waals surface area contributed by atoms with E-state index < -0.39 is 9.84 Å². The number of rotatable bonds is 6. The van der Waals surface area contributed by atoms with Gasteiger partial charge in [0.2, 0.25) is 0 Å². The molecule has 0 atom stereocenters.